The molecule has 27 heavy (non-hydrogen) atoms. The standard InChI is InChI=1S/C20H25N5O.HI/c1-16-17(15-25(24-16)18-9-4-3-5-10-18)8-6-12-22-20(21-2)23-14-19-11-7-13-26-19;/h3-5,7,9-11,13,15H,6,8,12,14H2,1-2H3,(H2,21,22,23);1H. The van der Waals surface area contributed by atoms with Gasteiger partial charge in [0.1, 0.15) is 5.76 Å². The molecule has 0 atom stereocenters. The minimum absolute atomic E-state index is 0. The normalized spacial score (nSPS) is 11.1. The zero-order valence-electron chi connectivity index (χ0n) is 15.7. The number of hydrogen-bond acceptors (Lipinski definition) is 3. The van der Waals surface area contributed by atoms with Crippen LogP contribution in [0.5, 0.6) is 0 Å². The Morgan fingerprint density at radius 2 is 1.96 bits per heavy atom. The first-order valence-electron chi connectivity index (χ1n) is 8.83. The van der Waals surface area contributed by atoms with Crippen molar-refractivity contribution >= 4 is 29.9 Å². The number of aliphatic imine (C=N–C) groups is 1. The molecule has 0 unspecified atom stereocenters. The number of aryl methyl sites for hydroxylation is 2. The molecular weight excluding hydrogens is 453 g/mol. The largest absolute Gasteiger partial charge is 0.467 e. The molecule has 2 N–H and O–H groups in total. The lowest BCUT2D eigenvalue weighted by atomic mass is 10.1. The second-order valence-corrected chi connectivity index (χ2v) is 6.06. The van der Waals surface area contributed by atoms with Gasteiger partial charge in [-0.15, -0.1) is 24.0 Å². The predicted octanol–water partition coefficient (Wildman–Crippen LogP) is 3.69. The van der Waals surface area contributed by atoms with Gasteiger partial charge < -0.3 is 15.1 Å². The Balaban J connectivity index is 0.00000261. The molecule has 3 rings (SSSR count). The maximum absolute atomic E-state index is 5.31. The Morgan fingerprint density at radius 3 is 2.67 bits per heavy atom. The van der Waals surface area contributed by atoms with Crippen LogP contribution in [0.25, 0.3) is 5.69 Å². The molecular formula is C20H26IN5O. The summed E-state index contributed by atoms with van der Waals surface area (Å²) in [6, 6.07) is 14.0. The SMILES string of the molecule is CN=C(NCCCc1cn(-c2ccccc2)nc1C)NCc1ccco1.I. The van der Waals surface area contributed by atoms with Gasteiger partial charge in [0.25, 0.3) is 0 Å². The number of rotatable bonds is 7. The maximum atomic E-state index is 5.31. The van der Waals surface area contributed by atoms with Crippen molar-refractivity contribution < 1.29 is 4.42 Å². The molecule has 0 radical (unpaired) electrons. The Labute approximate surface area is 177 Å². The van der Waals surface area contributed by atoms with Crippen molar-refractivity contribution in [1.29, 1.82) is 0 Å². The van der Waals surface area contributed by atoms with Gasteiger partial charge in [-0.3, -0.25) is 4.99 Å². The molecule has 0 amide bonds. The number of guanidine groups is 1. The minimum atomic E-state index is 0. The summed E-state index contributed by atoms with van der Waals surface area (Å²) in [5, 5.41) is 11.2. The number of benzene rings is 1. The maximum Gasteiger partial charge on any atom is 0.191 e. The van der Waals surface area contributed by atoms with Crippen LogP contribution < -0.4 is 10.6 Å². The highest BCUT2D eigenvalue weighted by Gasteiger charge is 2.06. The first kappa shape index (κ1) is 21.0. The van der Waals surface area contributed by atoms with E-state index in [1.807, 2.05) is 35.0 Å². The van der Waals surface area contributed by atoms with Gasteiger partial charge >= 0.3 is 0 Å². The van der Waals surface area contributed by atoms with E-state index in [4.69, 9.17) is 4.42 Å². The zero-order valence-corrected chi connectivity index (χ0v) is 18.0. The monoisotopic (exact) mass is 479 g/mol. The van der Waals surface area contributed by atoms with Gasteiger partial charge in [-0.1, -0.05) is 18.2 Å². The number of furan rings is 1. The Bertz CT molecular complexity index is 827. The van der Waals surface area contributed by atoms with Crippen molar-refractivity contribution in [2.24, 2.45) is 4.99 Å². The van der Waals surface area contributed by atoms with E-state index in [0.29, 0.717) is 6.54 Å². The van der Waals surface area contributed by atoms with Crippen LogP contribution in [0.2, 0.25) is 0 Å². The second kappa shape index (κ2) is 10.8. The highest BCUT2D eigenvalue weighted by Crippen LogP contribution is 2.13. The van der Waals surface area contributed by atoms with E-state index in [-0.39, 0.29) is 24.0 Å². The van der Waals surface area contributed by atoms with Crippen molar-refractivity contribution in [1.82, 2.24) is 20.4 Å². The van der Waals surface area contributed by atoms with Crippen molar-refractivity contribution in [2.45, 2.75) is 26.3 Å². The third-order valence-electron chi connectivity index (χ3n) is 4.17. The molecule has 0 aliphatic rings. The van der Waals surface area contributed by atoms with Gasteiger partial charge in [0.2, 0.25) is 0 Å². The summed E-state index contributed by atoms with van der Waals surface area (Å²) in [6.07, 6.45) is 5.77. The van der Waals surface area contributed by atoms with Crippen molar-refractivity contribution in [3.8, 4) is 5.69 Å². The van der Waals surface area contributed by atoms with Gasteiger partial charge in [0.15, 0.2) is 5.96 Å². The molecule has 0 aliphatic heterocycles. The van der Waals surface area contributed by atoms with E-state index < -0.39 is 0 Å². The predicted molar refractivity (Wildman–Crippen MR) is 119 cm³/mol. The van der Waals surface area contributed by atoms with Crippen molar-refractivity contribution in [2.75, 3.05) is 13.6 Å². The van der Waals surface area contributed by atoms with Gasteiger partial charge in [0.05, 0.1) is 24.2 Å². The fourth-order valence-corrected chi connectivity index (χ4v) is 2.74. The van der Waals surface area contributed by atoms with Gasteiger partial charge in [-0.25, -0.2) is 4.68 Å². The molecule has 1 aromatic carbocycles. The summed E-state index contributed by atoms with van der Waals surface area (Å²) in [4.78, 5) is 4.23. The Morgan fingerprint density at radius 1 is 1.15 bits per heavy atom. The average molecular weight is 479 g/mol. The third-order valence-corrected chi connectivity index (χ3v) is 4.17. The van der Waals surface area contributed by atoms with E-state index >= 15 is 0 Å². The summed E-state index contributed by atoms with van der Waals surface area (Å²) in [5.74, 6) is 1.66. The molecule has 0 bridgehead atoms. The summed E-state index contributed by atoms with van der Waals surface area (Å²) < 4.78 is 7.26. The van der Waals surface area contributed by atoms with Crippen LogP contribution in [0.3, 0.4) is 0 Å². The summed E-state index contributed by atoms with van der Waals surface area (Å²) >= 11 is 0. The topological polar surface area (TPSA) is 67.4 Å². The number of halogens is 1. The third kappa shape index (κ3) is 6.13. The van der Waals surface area contributed by atoms with Crippen molar-refractivity contribution in [3.63, 3.8) is 0 Å². The van der Waals surface area contributed by atoms with Crippen LogP contribution in [0.1, 0.15) is 23.4 Å². The quantitative estimate of drug-likeness (QED) is 0.235. The van der Waals surface area contributed by atoms with Crippen LogP contribution in [-0.4, -0.2) is 29.3 Å². The summed E-state index contributed by atoms with van der Waals surface area (Å²) in [7, 11) is 1.77. The highest BCUT2D eigenvalue weighted by atomic mass is 127. The molecule has 3 aromatic rings. The number of nitrogens with zero attached hydrogens (tertiary/aromatic N) is 3. The van der Waals surface area contributed by atoms with Crippen LogP contribution in [0.4, 0.5) is 0 Å². The van der Waals surface area contributed by atoms with E-state index in [1.165, 1.54) is 5.56 Å². The van der Waals surface area contributed by atoms with E-state index in [9.17, 15) is 0 Å². The lowest BCUT2D eigenvalue weighted by molar-refractivity contribution is 0.501. The molecule has 6 nitrogen and oxygen atoms in total. The Hall–Kier alpha value is -2.29. The first-order chi connectivity index (χ1) is 12.8. The molecule has 2 heterocycles. The van der Waals surface area contributed by atoms with Crippen molar-refractivity contribution in [3.05, 3.63) is 71.9 Å². The molecule has 7 heteroatoms. The molecule has 144 valence electrons. The Kier molecular flexibility index (Phi) is 8.38. The molecule has 0 saturated carbocycles. The average Bonchev–Trinajstić information content (AvgIpc) is 3.32. The number of nitrogens with one attached hydrogen (secondary N) is 2. The smallest absolute Gasteiger partial charge is 0.191 e. The second-order valence-electron chi connectivity index (χ2n) is 6.06. The molecule has 0 saturated heterocycles. The zero-order chi connectivity index (χ0) is 18.2. The lowest BCUT2D eigenvalue weighted by Crippen LogP contribution is -2.37. The molecule has 0 aliphatic carbocycles. The fourth-order valence-electron chi connectivity index (χ4n) is 2.74. The van der Waals surface area contributed by atoms with E-state index in [2.05, 4.69) is 46.0 Å². The van der Waals surface area contributed by atoms with E-state index in [0.717, 1.165) is 42.5 Å². The summed E-state index contributed by atoms with van der Waals surface area (Å²) in [6.45, 7) is 3.52. The van der Waals surface area contributed by atoms with Gasteiger partial charge in [-0.2, -0.15) is 5.10 Å². The van der Waals surface area contributed by atoms with Crippen LogP contribution >= 0.6 is 24.0 Å². The number of para-hydroxylation sites is 1. The molecule has 0 fully saturated rings. The molecule has 2 aromatic heterocycles. The lowest BCUT2D eigenvalue weighted by Gasteiger charge is -2.10. The first-order valence-corrected chi connectivity index (χ1v) is 8.83. The summed E-state index contributed by atoms with van der Waals surface area (Å²) in [5.41, 5.74) is 3.44. The molecule has 0 spiro atoms. The van der Waals surface area contributed by atoms with E-state index in [1.54, 1.807) is 13.3 Å². The number of aromatic nitrogens is 2. The number of hydrogen-bond donors (Lipinski definition) is 2. The fraction of sp³-hybridized carbons (Fsp3) is 0.300. The van der Waals surface area contributed by atoms with Crippen LogP contribution in [0.15, 0.2) is 64.3 Å². The van der Waals surface area contributed by atoms with Gasteiger partial charge in [0, 0.05) is 19.8 Å². The minimum Gasteiger partial charge on any atom is -0.467 e. The van der Waals surface area contributed by atoms with Gasteiger partial charge in [-0.05, 0) is 49.6 Å². The van der Waals surface area contributed by atoms with Crippen LogP contribution in [0, 0.1) is 6.92 Å². The highest BCUT2D eigenvalue weighted by molar-refractivity contribution is 14.0. The van der Waals surface area contributed by atoms with Crippen LogP contribution in [-0.2, 0) is 13.0 Å².